The zero-order valence-corrected chi connectivity index (χ0v) is 20.0. The molecule has 1 aliphatic heterocycles. The van der Waals surface area contributed by atoms with Gasteiger partial charge in [-0.15, -0.1) is 0 Å². The van der Waals surface area contributed by atoms with Crippen LogP contribution in [0, 0.1) is 5.82 Å². The topological polar surface area (TPSA) is 80.2 Å². The maximum atomic E-state index is 14.0. The third kappa shape index (κ3) is 5.99. The number of carbonyl (C=O) groups excluding carboxylic acids is 2. The smallest absolute Gasteiger partial charge is 0.238 e. The van der Waals surface area contributed by atoms with Crippen LogP contribution < -0.4 is 14.8 Å². The highest BCUT2D eigenvalue weighted by Crippen LogP contribution is 2.32. The summed E-state index contributed by atoms with van der Waals surface area (Å²) in [5.74, 6) is 0.144. The summed E-state index contributed by atoms with van der Waals surface area (Å²) in [4.78, 5) is 32.3. The second kappa shape index (κ2) is 11.1. The Morgan fingerprint density at radius 2 is 1.66 bits per heavy atom. The number of benzene rings is 3. The largest absolute Gasteiger partial charge is 0.497 e. The highest BCUT2D eigenvalue weighted by atomic mass is 32.2. The first-order valence-corrected chi connectivity index (χ1v) is 11.7. The molecule has 1 heterocycles. The van der Waals surface area contributed by atoms with Crippen molar-refractivity contribution in [1.82, 2.24) is 4.90 Å². The molecule has 0 saturated carbocycles. The van der Waals surface area contributed by atoms with Gasteiger partial charge in [0.15, 0.2) is 5.17 Å². The van der Waals surface area contributed by atoms with Gasteiger partial charge in [0.2, 0.25) is 11.8 Å². The molecule has 4 rings (SSSR count). The van der Waals surface area contributed by atoms with Gasteiger partial charge in [0.1, 0.15) is 22.6 Å². The van der Waals surface area contributed by atoms with Gasteiger partial charge in [0.25, 0.3) is 0 Å². The number of amides is 2. The van der Waals surface area contributed by atoms with Gasteiger partial charge in [-0.3, -0.25) is 14.5 Å². The van der Waals surface area contributed by atoms with E-state index in [1.165, 1.54) is 23.9 Å². The molecule has 3 aromatic carbocycles. The molecular formula is C26H24FN3O4S. The number of nitrogens with one attached hydrogen (secondary N) is 1. The molecule has 35 heavy (non-hydrogen) atoms. The van der Waals surface area contributed by atoms with Gasteiger partial charge in [-0.1, -0.05) is 36.0 Å². The van der Waals surface area contributed by atoms with Crippen molar-refractivity contribution in [3.63, 3.8) is 0 Å². The molecule has 2 amide bonds. The summed E-state index contributed by atoms with van der Waals surface area (Å²) in [5.41, 5.74) is 1.56. The number of amidine groups is 1. The van der Waals surface area contributed by atoms with E-state index in [-0.39, 0.29) is 24.6 Å². The van der Waals surface area contributed by atoms with E-state index in [1.807, 2.05) is 24.3 Å². The number of halogens is 1. The van der Waals surface area contributed by atoms with Crippen LogP contribution in [0.1, 0.15) is 12.0 Å². The van der Waals surface area contributed by atoms with Crippen LogP contribution in [0.15, 0.2) is 77.8 Å². The fraction of sp³-hybridized carbons (Fsp3) is 0.192. The molecule has 1 atom stereocenters. The number of anilines is 1. The number of rotatable bonds is 7. The van der Waals surface area contributed by atoms with Crippen LogP contribution in [0.4, 0.5) is 15.8 Å². The van der Waals surface area contributed by atoms with E-state index in [9.17, 15) is 14.0 Å². The molecule has 0 radical (unpaired) electrons. The van der Waals surface area contributed by atoms with Crippen molar-refractivity contribution in [3.05, 3.63) is 84.2 Å². The van der Waals surface area contributed by atoms with Crippen molar-refractivity contribution >= 4 is 40.1 Å². The van der Waals surface area contributed by atoms with Crippen LogP contribution in [0.3, 0.4) is 0 Å². The Kier molecular flexibility index (Phi) is 7.67. The van der Waals surface area contributed by atoms with Crippen molar-refractivity contribution in [1.29, 1.82) is 0 Å². The van der Waals surface area contributed by atoms with Gasteiger partial charge >= 0.3 is 0 Å². The van der Waals surface area contributed by atoms with Gasteiger partial charge in [-0.25, -0.2) is 9.38 Å². The number of para-hydroxylation sites is 1. The molecule has 1 aliphatic rings. The highest BCUT2D eigenvalue weighted by molar-refractivity contribution is 8.15. The maximum Gasteiger partial charge on any atom is 0.238 e. The first kappa shape index (κ1) is 24.3. The fourth-order valence-electron chi connectivity index (χ4n) is 3.45. The molecule has 0 bridgehead atoms. The molecule has 180 valence electrons. The summed E-state index contributed by atoms with van der Waals surface area (Å²) in [6, 6.07) is 20.4. The molecule has 1 N–H and O–H groups in total. The Balaban J connectivity index is 1.60. The van der Waals surface area contributed by atoms with Crippen molar-refractivity contribution in [2.24, 2.45) is 4.99 Å². The van der Waals surface area contributed by atoms with Gasteiger partial charge in [0, 0.05) is 6.42 Å². The summed E-state index contributed by atoms with van der Waals surface area (Å²) in [6.07, 6.45) is -0.0389. The minimum atomic E-state index is -0.758. The Morgan fingerprint density at radius 3 is 2.29 bits per heavy atom. The van der Waals surface area contributed by atoms with E-state index in [0.717, 1.165) is 5.56 Å². The lowest BCUT2D eigenvalue weighted by Gasteiger charge is -2.32. The number of aliphatic imine (C=N–C) groups is 1. The highest BCUT2D eigenvalue weighted by Gasteiger charge is 2.36. The van der Waals surface area contributed by atoms with Gasteiger partial charge in [0.05, 0.1) is 32.1 Å². The van der Waals surface area contributed by atoms with Crippen molar-refractivity contribution in [3.8, 4) is 11.5 Å². The lowest BCUT2D eigenvalue weighted by Crippen LogP contribution is -2.44. The molecule has 0 spiro atoms. The van der Waals surface area contributed by atoms with Crippen molar-refractivity contribution in [2.75, 3.05) is 19.5 Å². The second-order valence-corrected chi connectivity index (χ2v) is 8.87. The van der Waals surface area contributed by atoms with E-state index in [0.29, 0.717) is 22.4 Å². The normalized spacial score (nSPS) is 16.8. The monoisotopic (exact) mass is 493 g/mol. The van der Waals surface area contributed by atoms with Crippen molar-refractivity contribution < 1.29 is 23.5 Å². The molecule has 7 nitrogen and oxygen atoms in total. The van der Waals surface area contributed by atoms with E-state index >= 15 is 0 Å². The van der Waals surface area contributed by atoms with Crippen LogP contribution in [-0.4, -0.2) is 41.4 Å². The predicted molar refractivity (Wildman–Crippen MR) is 135 cm³/mol. The number of ether oxygens (including phenoxy) is 2. The number of carbonyl (C=O) groups is 2. The molecule has 0 aromatic heterocycles. The third-order valence-corrected chi connectivity index (χ3v) is 6.55. The summed E-state index contributed by atoms with van der Waals surface area (Å²) < 4.78 is 24.4. The number of hydrogen-bond acceptors (Lipinski definition) is 6. The molecule has 1 unspecified atom stereocenters. The van der Waals surface area contributed by atoms with E-state index in [2.05, 4.69) is 10.3 Å². The molecule has 1 saturated heterocycles. The number of thioether (sulfide) groups is 1. The Hall–Kier alpha value is -3.85. The Morgan fingerprint density at radius 1 is 1.03 bits per heavy atom. The maximum absolute atomic E-state index is 14.0. The molecular weight excluding hydrogens is 469 g/mol. The van der Waals surface area contributed by atoms with Crippen LogP contribution in [0.5, 0.6) is 11.5 Å². The quantitative estimate of drug-likeness (QED) is 0.501. The summed E-state index contributed by atoms with van der Waals surface area (Å²) in [7, 11) is 3.16. The van der Waals surface area contributed by atoms with Crippen LogP contribution in [0.2, 0.25) is 0 Å². The fourth-order valence-corrected chi connectivity index (χ4v) is 4.55. The average Bonchev–Trinajstić information content (AvgIpc) is 2.88. The first-order chi connectivity index (χ1) is 17.0. The Bertz CT molecular complexity index is 1230. The average molecular weight is 494 g/mol. The minimum absolute atomic E-state index is 0.0389. The van der Waals surface area contributed by atoms with Crippen LogP contribution >= 0.6 is 11.8 Å². The Labute approximate surface area is 207 Å². The second-order valence-electron chi connectivity index (χ2n) is 7.70. The summed E-state index contributed by atoms with van der Waals surface area (Å²) in [6.45, 7) is 0.284. The van der Waals surface area contributed by atoms with Gasteiger partial charge in [-0.2, -0.15) is 0 Å². The van der Waals surface area contributed by atoms with Gasteiger partial charge in [-0.05, 0) is 54.1 Å². The first-order valence-electron chi connectivity index (χ1n) is 10.8. The third-order valence-electron chi connectivity index (χ3n) is 5.36. The molecule has 9 heteroatoms. The summed E-state index contributed by atoms with van der Waals surface area (Å²) >= 11 is 1.17. The van der Waals surface area contributed by atoms with E-state index in [4.69, 9.17) is 9.47 Å². The molecule has 0 aliphatic carbocycles. The molecule has 1 fully saturated rings. The standard InChI is InChI=1S/C26H24FN3O4S/c1-33-19-11-7-17(8-12-19)16-30-24(31)15-23(25(32)29-22-6-4-3-5-21(22)27)35-26(30)28-18-9-13-20(34-2)14-10-18/h3-14,23H,15-16H2,1-2H3,(H,29,32). The SMILES string of the molecule is COc1ccc(CN2C(=O)CC(C(=O)Nc3ccccc3F)SC2=Nc2ccc(OC)cc2)cc1. The van der Waals surface area contributed by atoms with E-state index in [1.54, 1.807) is 55.5 Å². The van der Waals surface area contributed by atoms with Crippen LogP contribution in [-0.2, 0) is 16.1 Å². The lowest BCUT2D eigenvalue weighted by atomic mass is 10.2. The zero-order valence-electron chi connectivity index (χ0n) is 19.2. The zero-order chi connectivity index (χ0) is 24.8. The number of hydrogen-bond donors (Lipinski definition) is 1. The molecule has 3 aromatic rings. The van der Waals surface area contributed by atoms with E-state index < -0.39 is 17.0 Å². The van der Waals surface area contributed by atoms with Crippen molar-refractivity contribution in [2.45, 2.75) is 18.2 Å². The minimum Gasteiger partial charge on any atom is -0.497 e. The number of nitrogens with zero attached hydrogens (tertiary/aromatic N) is 2. The summed E-state index contributed by atoms with van der Waals surface area (Å²) in [5, 5.41) is 2.21. The van der Waals surface area contributed by atoms with Crippen LogP contribution in [0.25, 0.3) is 0 Å². The van der Waals surface area contributed by atoms with Gasteiger partial charge < -0.3 is 14.8 Å². The number of methoxy groups -OCH3 is 2. The predicted octanol–water partition coefficient (Wildman–Crippen LogP) is 5.00. The lowest BCUT2D eigenvalue weighted by molar-refractivity contribution is -0.129.